The molecule has 0 saturated carbocycles. The highest BCUT2D eigenvalue weighted by molar-refractivity contribution is 6.30. The first-order valence-electron chi connectivity index (χ1n) is 9.36. The second-order valence-electron chi connectivity index (χ2n) is 6.63. The molecule has 1 aliphatic rings. The van der Waals surface area contributed by atoms with Gasteiger partial charge in [-0.1, -0.05) is 29.8 Å². The van der Waals surface area contributed by atoms with Gasteiger partial charge in [0.15, 0.2) is 5.70 Å². The maximum absolute atomic E-state index is 13.9. The number of ether oxygens (including phenoxy) is 3. The molecule has 3 aromatic carbocycles. The van der Waals surface area contributed by atoms with Crippen molar-refractivity contribution >= 4 is 29.5 Å². The molecule has 0 saturated heterocycles. The summed E-state index contributed by atoms with van der Waals surface area (Å²) in [6, 6.07) is 18.3. The lowest BCUT2D eigenvalue weighted by molar-refractivity contribution is -0.129. The van der Waals surface area contributed by atoms with Crippen molar-refractivity contribution in [3.05, 3.63) is 100.0 Å². The Balaban J connectivity index is 1.64. The molecule has 0 fully saturated rings. The van der Waals surface area contributed by atoms with Crippen LogP contribution in [-0.4, -0.2) is 19.0 Å². The first kappa shape index (κ1) is 20.6. The zero-order valence-electron chi connectivity index (χ0n) is 16.5. The normalized spacial score (nSPS) is 14.4. The molecule has 1 aliphatic heterocycles. The molecule has 4 rings (SSSR count). The molecule has 0 aliphatic carbocycles. The van der Waals surface area contributed by atoms with Crippen molar-refractivity contribution in [2.24, 2.45) is 4.99 Å². The summed E-state index contributed by atoms with van der Waals surface area (Å²) in [6.45, 7) is 0.0267. The fourth-order valence-electron chi connectivity index (χ4n) is 2.94. The first-order chi connectivity index (χ1) is 15.0. The number of methoxy groups -OCH3 is 1. The standard InChI is InChI=1S/C24H17ClFNO4/c1-29-19-10-11-22(30-14-16-4-2-3-5-20(16)26)17(12-19)13-21-24(28)31-23(27-21)15-6-8-18(25)9-7-15/h2-13H,14H2,1H3. The third-order valence-electron chi connectivity index (χ3n) is 4.56. The Bertz CT molecular complexity index is 1190. The minimum atomic E-state index is -0.590. The molecule has 156 valence electrons. The fourth-order valence-corrected chi connectivity index (χ4v) is 3.07. The van der Waals surface area contributed by atoms with Gasteiger partial charge in [0.1, 0.15) is 23.9 Å². The van der Waals surface area contributed by atoms with Crippen molar-refractivity contribution in [3.63, 3.8) is 0 Å². The number of hydrogen-bond acceptors (Lipinski definition) is 5. The highest BCUT2D eigenvalue weighted by Crippen LogP contribution is 2.29. The molecule has 0 radical (unpaired) electrons. The molecule has 3 aromatic rings. The molecule has 0 bridgehead atoms. The SMILES string of the molecule is COc1ccc(OCc2ccccc2F)c(C=C2N=C(c3ccc(Cl)cc3)OC2=O)c1. The lowest BCUT2D eigenvalue weighted by atomic mass is 10.1. The Kier molecular flexibility index (Phi) is 6.00. The molecule has 1 heterocycles. The highest BCUT2D eigenvalue weighted by Gasteiger charge is 2.24. The summed E-state index contributed by atoms with van der Waals surface area (Å²) >= 11 is 5.90. The van der Waals surface area contributed by atoms with Crippen LogP contribution in [0.25, 0.3) is 6.08 Å². The van der Waals surface area contributed by atoms with E-state index in [1.165, 1.54) is 13.2 Å². The van der Waals surface area contributed by atoms with E-state index in [1.807, 2.05) is 0 Å². The molecular weight excluding hydrogens is 421 g/mol. The van der Waals surface area contributed by atoms with Crippen LogP contribution in [0.3, 0.4) is 0 Å². The number of rotatable bonds is 6. The van der Waals surface area contributed by atoms with Crippen LogP contribution in [0.2, 0.25) is 5.02 Å². The van der Waals surface area contributed by atoms with Gasteiger partial charge in [-0.05, 0) is 54.6 Å². The molecule has 5 nitrogen and oxygen atoms in total. The van der Waals surface area contributed by atoms with Crippen molar-refractivity contribution in [1.29, 1.82) is 0 Å². The van der Waals surface area contributed by atoms with Crippen LogP contribution in [0.15, 0.2) is 77.4 Å². The Morgan fingerprint density at radius 2 is 1.87 bits per heavy atom. The summed E-state index contributed by atoms with van der Waals surface area (Å²) in [6.07, 6.45) is 1.55. The number of nitrogens with zero attached hydrogens (tertiary/aromatic N) is 1. The predicted octanol–water partition coefficient (Wildman–Crippen LogP) is 5.41. The monoisotopic (exact) mass is 437 g/mol. The van der Waals surface area contributed by atoms with Crippen molar-refractivity contribution < 1.29 is 23.4 Å². The van der Waals surface area contributed by atoms with E-state index in [0.29, 0.717) is 33.2 Å². The molecular formula is C24H17ClFNO4. The molecule has 0 spiro atoms. The van der Waals surface area contributed by atoms with Crippen LogP contribution in [0.1, 0.15) is 16.7 Å². The number of benzene rings is 3. The average molecular weight is 438 g/mol. The van der Waals surface area contributed by atoms with Gasteiger partial charge in [0.25, 0.3) is 0 Å². The molecule has 0 aromatic heterocycles. The van der Waals surface area contributed by atoms with Crippen LogP contribution < -0.4 is 9.47 Å². The van der Waals surface area contributed by atoms with E-state index in [2.05, 4.69) is 4.99 Å². The molecule has 31 heavy (non-hydrogen) atoms. The highest BCUT2D eigenvalue weighted by atomic mass is 35.5. The molecule has 0 atom stereocenters. The lowest BCUT2D eigenvalue weighted by Gasteiger charge is -2.11. The summed E-state index contributed by atoms with van der Waals surface area (Å²) in [5, 5.41) is 0.567. The summed E-state index contributed by atoms with van der Waals surface area (Å²) in [5.41, 5.74) is 1.70. The van der Waals surface area contributed by atoms with E-state index in [1.54, 1.807) is 66.7 Å². The number of aliphatic imine (C=N–C) groups is 1. The van der Waals surface area contributed by atoms with Gasteiger partial charge in [-0.25, -0.2) is 14.2 Å². The Labute approximate surface area is 183 Å². The molecule has 7 heteroatoms. The minimum Gasteiger partial charge on any atom is -0.497 e. The largest absolute Gasteiger partial charge is 0.497 e. The van der Waals surface area contributed by atoms with Crippen LogP contribution in [0.5, 0.6) is 11.5 Å². The van der Waals surface area contributed by atoms with Gasteiger partial charge in [0.2, 0.25) is 5.90 Å². The minimum absolute atomic E-state index is 0.0267. The van der Waals surface area contributed by atoms with Gasteiger partial charge in [0, 0.05) is 21.7 Å². The van der Waals surface area contributed by atoms with Crippen LogP contribution >= 0.6 is 11.6 Å². The van der Waals surface area contributed by atoms with E-state index in [4.69, 9.17) is 25.8 Å². The number of carbonyl (C=O) groups is 1. The second kappa shape index (κ2) is 9.02. The van der Waals surface area contributed by atoms with Gasteiger partial charge in [-0.15, -0.1) is 0 Å². The Hall–Kier alpha value is -3.64. The summed E-state index contributed by atoms with van der Waals surface area (Å²) < 4.78 is 30.3. The number of cyclic esters (lactones) is 1. The predicted molar refractivity (Wildman–Crippen MR) is 116 cm³/mol. The smallest absolute Gasteiger partial charge is 0.363 e. The zero-order chi connectivity index (χ0) is 21.8. The van der Waals surface area contributed by atoms with Gasteiger partial charge in [-0.2, -0.15) is 0 Å². The van der Waals surface area contributed by atoms with E-state index in [-0.39, 0.29) is 24.0 Å². The average Bonchev–Trinajstić information content (AvgIpc) is 3.14. The van der Waals surface area contributed by atoms with E-state index in [9.17, 15) is 9.18 Å². The molecule has 0 amide bonds. The lowest BCUT2D eigenvalue weighted by Crippen LogP contribution is -2.05. The van der Waals surface area contributed by atoms with E-state index >= 15 is 0 Å². The van der Waals surface area contributed by atoms with Gasteiger partial charge >= 0.3 is 5.97 Å². The number of esters is 1. The van der Waals surface area contributed by atoms with Crippen molar-refractivity contribution in [2.45, 2.75) is 6.61 Å². The topological polar surface area (TPSA) is 57.1 Å². The fraction of sp³-hybridized carbons (Fsp3) is 0.0833. The summed E-state index contributed by atoms with van der Waals surface area (Å²) in [7, 11) is 1.53. The third kappa shape index (κ3) is 4.75. The number of hydrogen-bond donors (Lipinski definition) is 0. The summed E-state index contributed by atoms with van der Waals surface area (Å²) in [4.78, 5) is 16.7. The maximum atomic E-state index is 13.9. The van der Waals surface area contributed by atoms with Crippen LogP contribution in [0.4, 0.5) is 4.39 Å². The quantitative estimate of drug-likeness (QED) is 0.382. The van der Waals surface area contributed by atoms with Crippen molar-refractivity contribution in [1.82, 2.24) is 0 Å². The Morgan fingerprint density at radius 1 is 1.10 bits per heavy atom. The molecule has 0 N–H and O–H groups in total. The number of carbonyl (C=O) groups excluding carboxylic acids is 1. The summed E-state index contributed by atoms with van der Waals surface area (Å²) in [5.74, 6) is 0.253. The Morgan fingerprint density at radius 3 is 2.61 bits per heavy atom. The van der Waals surface area contributed by atoms with Gasteiger partial charge < -0.3 is 14.2 Å². The van der Waals surface area contributed by atoms with Crippen LogP contribution in [0, 0.1) is 5.82 Å². The van der Waals surface area contributed by atoms with E-state index < -0.39 is 5.97 Å². The molecule has 0 unspecified atom stereocenters. The van der Waals surface area contributed by atoms with Crippen molar-refractivity contribution in [3.8, 4) is 11.5 Å². The van der Waals surface area contributed by atoms with Gasteiger partial charge in [-0.3, -0.25) is 0 Å². The van der Waals surface area contributed by atoms with E-state index in [0.717, 1.165) is 0 Å². The number of halogens is 2. The van der Waals surface area contributed by atoms with Gasteiger partial charge in [0.05, 0.1) is 7.11 Å². The van der Waals surface area contributed by atoms with Crippen molar-refractivity contribution in [2.75, 3.05) is 7.11 Å². The zero-order valence-corrected chi connectivity index (χ0v) is 17.2. The second-order valence-corrected chi connectivity index (χ2v) is 7.06. The van der Waals surface area contributed by atoms with Crippen LogP contribution in [-0.2, 0) is 16.1 Å². The first-order valence-corrected chi connectivity index (χ1v) is 9.74. The third-order valence-corrected chi connectivity index (χ3v) is 4.81. The maximum Gasteiger partial charge on any atom is 0.363 e.